The number of anilines is 3. The molecule has 0 aliphatic carbocycles. The van der Waals surface area contributed by atoms with Crippen LogP contribution in [-0.2, 0) is 0 Å². The van der Waals surface area contributed by atoms with E-state index in [0.717, 1.165) is 17.1 Å². The van der Waals surface area contributed by atoms with E-state index in [2.05, 4.69) is 241 Å². The summed E-state index contributed by atoms with van der Waals surface area (Å²) in [5.74, 6) is 0. The van der Waals surface area contributed by atoms with E-state index < -0.39 is 0 Å². The highest BCUT2D eigenvalue weighted by atomic mass is 15.1. The molecule has 0 saturated heterocycles. The summed E-state index contributed by atoms with van der Waals surface area (Å²) in [4.78, 5) is 2.37. The summed E-state index contributed by atoms with van der Waals surface area (Å²) in [6, 6.07) is 85.6. The molecule has 0 amide bonds. The molecule has 0 aromatic heterocycles. The number of nitrogens with zero attached hydrogens (tertiary/aromatic N) is 1. The zero-order valence-corrected chi connectivity index (χ0v) is 31.5. The second-order valence-corrected chi connectivity index (χ2v) is 14.6. The first-order valence-electron chi connectivity index (χ1n) is 19.6. The van der Waals surface area contributed by atoms with Crippen LogP contribution in [-0.4, -0.2) is 0 Å². The minimum atomic E-state index is 1.09. The quantitative estimate of drug-likeness (QED) is 0.151. The van der Waals surface area contributed by atoms with Gasteiger partial charge in [-0.05, 0) is 126 Å². The van der Waals surface area contributed by atoms with Crippen LogP contribution in [0.4, 0.5) is 17.1 Å². The molecule has 57 heavy (non-hydrogen) atoms. The van der Waals surface area contributed by atoms with E-state index in [0.29, 0.717) is 0 Å². The molecule has 0 bridgehead atoms. The zero-order valence-electron chi connectivity index (χ0n) is 31.5. The van der Waals surface area contributed by atoms with Gasteiger partial charge < -0.3 is 4.90 Å². The van der Waals surface area contributed by atoms with Gasteiger partial charge in [0.1, 0.15) is 0 Å². The van der Waals surface area contributed by atoms with Crippen molar-refractivity contribution < 1.29 is 0 Å². The molecule has 0 N–H and O–H groups in total. The summed E-state index contributed by atoms with van der Waals surface area (Å²) in [6.45, 7) is 0. The third-order valence-corrected chi connectivity index (χ3v) is 11.0. The molecule has 0 spiro atoms. The highest BCUT2D eigenvalue weighted by molar-refractivity contribution is 6.04. The first-order chi connectivity index (χ1) is 28.2. The van der Waals surface area contributed by atoms with Crippen LogP contribution in [0.1, 0.15) is 0 Å². The van der Waals surface area contributed by atoms with Crippen molar-refractivity contribution in [1.82, 2.24) is 0 Å². The van der Waals surface area contributed by atoms with Crippen LogP contribution in [0.25, 0.3) is 77.2 Å². The molecule has 10 aromatic rings. The third-order valence-electron chi connectivity index (χ3n) is 11.0. The van der Waals surface area contributed by atoms with Crippen LogP contribution >= 0.6 is 0 Å². The first-order valence-corrected chi connectivity index (χ1v) is 19.6. The average Bonchev–Trinajstić information content (AvgIpc) is 3.30. The lowest BCUT2D eigenvalue weighted by atomic mass is 9.90. The van der Waals surface area contributed by atoms with Crippen LogP contribution < -0.4 is 4.90 Å². The summed E-state index contributed by atoms with van der Waals surface area (Å²) >= 11 is 0. The van der Waals surface area contributed by atoms with Gasteiger partial charge in [0, 0.05) is 17.1 Å². The predicted molar refractivity (Wildman–Crippen MR) is 243 cm³/mol. The lowest BCUT2D eigenvalue weighted by molar-refractivity contribution is 1.28. The lowest BCUT2D eigenvalue weighted by Gasteiger charge is -2.26. The third kappa shape index (κ3) is 6.77. The molecule has 0 aliphatic heterocycles. The molecule has 1 heteroatoms. The maximum absolute atomic E-state index is 2.37. The van der Waals surface area contributed by atoms with E-state index in [1.165, 1.54) is 77.2 Å². The van der Waals surface area contributed by atoms with Gasteiger partial charge in [0.2, 0.25) is 0 Å². The van der Waals surface area contributed by atoms with Crippen molar-refractivity contribution in [2.24, 2.45) is 0 Å². The van der Waals surface area contributed by atoms with E-state index in [1.807, 2.05) is 0 Å². The van der Waals surface area contributed by atoms with E-state index in [4.69, 9.17) is 0 Å². The standard InChI is InChI=1S/C56H39N/c1-3-13-40(14-4-1)47-20-11-21-48(37-47)42-27-32-51(33-28-42)57(53-23-12-22-49(39-53)50-26-25-41-15-7-8-19-46(41)38-50)52-34-29-44(30-35-52)55-36-31-43-16-9-10-24-54(43)56(55)45-17-5-2-6-18-45/h1-39H. The Balaban J connectivity index is 1.07. The average molecular weight is 726 g/mol. The van der Waals surface area contributed by atoms with Gasteiger partial charge in [0.25, 0.3) is 0 Å². The molecule has 0 heterocycles. The minimum Gasteiger partial charge on any atom is -0.310 e. The van der Waals surface area contributed by atoms with Gasteiger partial charge in [0.15, 0.2) is 0 Å². The molecule has 0 saturated carbocycles. The molecule has 0 fully saturated rings. The van der Waals surface area contributed by atoms with Crippen LogP contribution in [0.15, 0.2) is 237 Å². The summed E-state index contributed by atoms with van der Waals surface area (Å²) in [5, 5.41) is 4.98. The molecule has 1 nitrogen and oxygen atoms in total. The molecule has 0 radical (unpaired) electrons. The van der Waals surface area contributed by atoms with Crippen molar-refractivity contribution in [3.05, 3.63) is 237 Å². The fourth-order valence-corrected chi connectivity index (χ4v) is 8.17. The van der Waals surface area contributed by atoms with Gasteiger partial charge in [-0.2, -0.15) is 0 Å². The Bertz CT molecular complexity index is 2980. The summed E-state index contributed by atoms with van der Waals surface area (Å²) < 4.78 is 0. The number of hydrogen-bond donors (Lipinski definition) is 0. The first kappa shape index (κ1) is 34.0. The van der Waals surface area contributed by atoms with Gasteiger partial charge in [-0.3, -0.25) is 0 Å². The fraction of sp³-hybridized carbons (Fsp3) is 0. The molecule has 268 valence electrons. The zero-order chi connectivity index (χ0) is 38.0. The Hall–Kier alpha value is -7.48. The van der Waals surface area contributed by atoms with Crippen LogP contribution in [0.2, 0.25) is 0 Å². The van der Waals surface area contributed by atoms with Crippen LogP contribution in [0, 0.1) is 0 Å². The van der Waals surface area contributed by atoms with Crippen molar-refractivity contribution in [2.75, 3.05) is 4.90 Å². The molecular formula is C56H39N. The lowest BCUT2D eigenvalue weighted by Crippen LogP contribution is -2.10. The maximum atomic E-state index is 2.37. The maximum Gasteiger partial charge on any atom is 0.0467 e. The summed E-state index contributed by atoms with van der Waals surface area (Å²) in [5.41, 5.74) is 15.4. The van der Waals surface area contributed by atoms with Crippen LogP contribution in [0.3, 0.4) is 0 Å². The number of benzene rings is 10. The van der Waals surface area contributed by atoms with E-state index in [-0.39, 0.29) is 0 Å². The van der Waals surface area contributed by atoms with Gasteiger partial charge in [0.05, 0.1) is 0 Å². The Morgan fingerprint density at radius 2 is 0.702 bits per heavy atom. The molecular weight excluding hydrogens is 687 g/mol. The van der Waals surface area contributed by atoms with E-state index >= 15 is 0 Å². The van der Waals surface area contributed by atoms with Gasteiger partial charge in [-0.25, -0.2) is 0 Å². The predicted octanol–water partition coefficient (Wildman–Crippen LogP) is 15.8. The number of fused-ring (bicyclic) bond motifs is 2. The highest BCUT2D eigenvalue weighted by Gasteiger charge is 2.17. The summed E-state index contributed by atoms with van der Waals surface area (Å²) in [6.07, 6.45) is 0. The molecule has 0 unspecified atom stereocenters. The normalized spacial score (nSPS) is 11.2. The van der Waals surface area contributed by atoms with Crippen molar-refractivity contribution >= 4 is 38.6 Å². The fourth-order valence-electron chi connectivity index (χ4n) is 8.17. The Labute approximate surface area is 334 Å². The van der Waals surface area contributed by atoms with Crippen molar-refractivity contribution in [2.45, 2.75) is 0 Å². The Morgan fingerprint density at radius 1 is 0.228 bits per heavy atom. The molecule has 0 aliphatic rings. The van der Waals surface area contributed by atoms with Crippen molar-refractivity contribution in [3.8, 4) is 55.6 Å². The minimum absolute atomic E-state index is 1.09. The van der Waals surface area contributed by atoms with E-state index in [1.54, 1.807) is 0 Å². The topological polar surface area (TPSA) is 3.24 Å². The largest absolute Gasteiger partial charge is 0.310 e. The Morgan fingerprint density at radius 3 is 1.40 bits per heavy atom. The smallest absolute Gasteiger partial charge is 0.0467 e. The Kier molecular flexibility index (Phi) is 8.95. The number of rotatable bonds is 8. The number of hydrogen-bond acceptors (Lipinski definition) is 1. The van der Waals surface area contributed by atoms with Crippen LogP contribution in [0.5, 0.6) is 0 Å². The van der Waals surface area contributed by atoms with Crippen molar-refractivity contribution in [1.29, 1.82) is 0 Å². The van der Waals surface area contributed by atoms with Gasteiger partial charge in [-0.15, -0.1) is 0 Å². The van der Waals surface area contributed by atoms with Crippen molar-refractivity contribution in [3.63, 3.8) is 0 Å². The van der Waals surface area contributed by atoms with Gasteiger partial charge in [-0.1, -0.05) is 188 Å². The van der Waals surface area contributed by atoms with Gasteiger partial charge >= 0.3 is 0 Å². The SMILES string of the molecule is c1ccc(-c2cccc(-c3ccc(N(c4ccc(-c5ccc6ccccc6c5-c5ccccc5)cc4)c4cccc(-c5ccc6ccccc6c5)c4)cc3)c2)cc1. The monoisotopic (exact) mass is 725 g/mol. The second kappa shape index (κ2) is 15.0. The molecule has 10 aromatic carbocycles. The molecule has 0 atom stereocenters. The summed E-state index contributed by atoms with van der Waals surface area (Å²) in [7, 11) is 0. The van der Waals surface area contributed by atoms with E-state index in [9.17, 15) is 0 Å². The second-order valence-electron chi connectivity index (χ2n) is 14.6. The molecule has 10 rings (SSSR count). The highest BCUT2D eigenvalue weighted by Crippen LogP contribution is 2.42.